The van der Waals surface area contributed by atoms with Crippen LogP contribution in [0.5, 0.6) is 0 Å². The highest BCUT2D eigenvalue weighted by atomic mass is 16.5. The Morgan fingerprint density at radius 2 is 2.00 bits per heavy atom. The molecule has 1 aromatic carbocycles. The van der Waals surface area contributed by atoms with Crippen LogP contribution in [0, 0.1) is 11.3 Å². The van der Waals surface area contributed by atoms with Crippen LogP contribution in [0.4, 0.5) is 0 Å². The second-order valence-electron chi connectivity index (χ2n) is 5.76. The van der Waals surface area contributed by atoms with Crippen molar-refractivity contribution >= 4 is 0 Å². The maximum absolute atomic E-state index is 10.7. The molecule has 2 unspecified atom stereocenters. The molecule has 1 aliphatic heterocycles. The highest BCUT2D eigenvalue weighted by molar-refractivity contribution is 5.35. The molecule has 1 heterocycles. The average Bonchev–Trinajstić information content (AvgIpc) is 3.05. The molecule has 0 bridgehead atoms. The molecule has 98 valence electrons. The molecule has 3 rings (SSSR count). The lowest BCUT2D eigenvalue weighted by Gasteiger charge is -2.36. The molecule has 0 saturated carbocycles. The van der Waals surface area contributed by atoms with E-state index >= 15 is 0 Å². The van der Waals surface area contributed by atoms with Gasteiger partial charge in [0.15, 0.2) is 0 Å². The van der Waals surface area contributed by atoms with Crippen LogP contribution in [0.15, 0.2) is 24.3 Å². The Hall–Kier alpha value is -0.900. The zero-order chi connectivity index (χ0) is 12.6. The zero-order valence-electron chi connectivity index (χ0n) is 10.6. The van der Waals surface area contributed by atoms with Crippen molar-refractivity contribution in [2.24, 2.45) is 17.1 Å². The molecule has 2 aliphatic rings. The first-order valence-electron chi connectivity index (χ1n) is 6.78. The van der Waals surface area contributed by atoms with Crippen molar-refractivity contribution in [3.05, 3.63) is 35.4 Å². The van der Waals surface area contributed by atoms with E-state index < -0.39 is 0 Å². The predicted octanol–water partition coefficient (Wildman–Crippen LogP) is 1.13. The van der Waals surface area contributed by atoms with Crippen LogP contribution in [0.25, 0.3) is 0 Å². The van der Waals surface area contributed by atoms with Gasteiger partial charge in [-0.05, 0) is 30.4 Å². The monoisotopic (exact) mass is 247 g/mol. The first-order valence-corrected chi connectivity index (χ1v) is 6.78. The third-order valence-electron chi connectivity index (χ3n) is 4.65. The summed E-state index contributed by atoms with van der Waals surface area (Å²) < 4.78 is 5.40. The van der Waals surface area contributed by atoms with E-state index in [4.69, 9.17) is 10.5 Å². The highest BCUT2D eigenvalue weighted by Gasteiger charge is 2.45. The lowest BCUT2D eigenvalue weighted by Crippen LogP contribution is -2.46. The molecule has 3 heteroatoms. The van der Waals surface area contributed by atoms with Crippen molar-refractivity contribution in [1.29, 1.82) is 0 Å². The van der Waals surface area contributed by atoms with Gasteiger partial charge in [-0.3, -0.25) is 0 Å². The third-order valence-corrected chi connectivity index (χ3v) is 4.65. The number of ether oxygens (including phenoxy) is 1. The molecule has 3 nitrogen and oxygen atoms in total. The summed E-state index contributed by atoms with van der Waals surface area (Å²) >= 11 is 0. The van der Waals surface area contributed by atoms with Crippen LogP contribution in [0.2, 0.25) is 0 Å². The molecule has 0 aromatic heterocycles. The summed E-state index contributed by atoms with van der Waals surface area (Å²) in [5, 5.41) is 10.7. The smallest absolute Gasteiger partial charge is 0.0665 e. The molecule has 3 N–H and O–H groups in total. The zero-order valence-corrected chi connectivity index (χ0v) is 10.6. The Bertz CT molecular complexity index is 401. The van der Waals surface area contributed by atoms with Crippen LogP contribution in [-0.4, -0.2) is 31.0 Å². The van der Waals surface area contributed by atoms with Gasteiger partial charge in [0.25, 0.3) is 0 Å². The SMILES string of the molecule is NCC1(C(O)C2CCOC2)Cc2ccccc2C1. The maximum atomic E-state index is 10.7. The van der Waals surface area contributed by atoms with Gasteiger partial charge >= 0.3 is 0 Å². The van der Waals surface area contributed by atoms with Crippen LogP contribution < -0.4 is 5.73 Å². The minimum absolute atomic E-state index is 0.179. The van der Waals surface area contributed by atoms with Crippen LogP contribution in [0.3, 0.4) is 0 Å². The minimum Gasteiger partial charge on any atom is -0.392 e. The van der Waals surface area contributed by atoms with Crippen LogP contribution in [0.1, 0.15) is 17.5 Å². The molecule has 2 atom stereocenters. The molecule has 0 amide bonds. The lowest BCUT2D eigenvalue weighted by molar-refractivity contribution is -0.0123. The van der Waals surface area contributed by atoms with Gasteiger partial charge in [-0.2, -0.15) is 0 Å². The van der Waals surface area contributed by atoms with E-state index in [1.807, 2.05) is 0 Å². The Balaban J connectivity index is 1.84. The summed E-state index contributed by atoms with van der Waals surface area (Å²) in [6, 6.07) is 8.45. The Morgan fingerprint density at radius 3 is 2.50 bits per heavy atom. The molecule has 1 aliphatic carbocycles. The third kappa shape index (κ3) is 1.87. The number of nitrogens with two attached hydrogens (primary N) is 1. The van der Waals surface area contributed by atoms with Crippen molar-refractivity contribution in [2.75, 3.05) is 19.8 Å². The number of fused-ring (bicyclic) bond motifs is 1. The van der Waals surface area contributed by atoms with E-state index in [0.29, 0.717) is 13.2 Å². The Kier molecular flexibility index (Phi) is 3.14. The maximum Gasteiger partial charge on any atom is 0.0665 e. The summed E-state index contributed by atoms with van der Waals surface area (Å²) in [6.45, 7) is 1.99. The summed E-state index contributed by atoms with van der Waals surface area (Å²) in [6.07, 6.45) is 2.41. The van der Waals surface area contributed by atoms with E-state index in [0.717, 1.165) is 25.9 Å². The van der Waals surface area contributed by atoms with Crippen molar-refractivity contribution in [3.63, 3.8) is 0 Å². The van der Waals surface area contributed by atoms with Crippen molar-refractivity contribution < 1.29 is 9.84 Å². The van der Waals surface area contributed by atoms with Crippen molar-refractivity contribution in [2.45, 2.75) is 25.4 Å². The van der Waals surface area contributed by atoms with Gasteiger partial charge in [0.2, 0.25) is 0 Å². The Morgan fingerprint density at radius 1 is 1.33 bits per heavy atom. The number of rotatable bonds is 3. The molecular formula is C15H21NO2. The van der Waals surface area contributed by atoms with E-state index in [-0.39, 0.29) is 17.4 Å². The number of hydrogen-bond acceptors (Lipinski definition) is 3. The Labute approximate surface area is 108 Å². The fourth-order valence-corrected chi connectivity index (χ4v) is 3.50. The van der Waals surface area contributed by atoms with Crippen LogP contribution >= 0.6 is 0 Å². The average molecular weight is 247 g/mol. The summed E-state index contributed by atoms with van der Waals surface area (Å²) in [5.74, 6) is 0.253. The molecule has 1 fully saturated rings. The second kappa shape index (κ2) is 4.65. The van der Waals surface area contributed by atoms with Gasteiger partial charge in [0.05, 0.1) is 12.7 Å². The van der Waals surface area contributed by atoms with Gasteiger partial charge in [-0.25, -0.2) is 0 Å². The molecule has 1 saturated heterocycles. The lowest BCUT2D eigenvalue weighted by atomic mass is 9.73. The van der Waals surface area contributed by atoms with E-state index in [1.165, 1.54) is 11.1 Å². The fraction of sp³-hybridized carbons (Fsp3) is 0.600. The van der Waals surface area contributed by atoms with Crippen LogP contribution in [-0.2, 0) is 17.6 Å². The van der Waals surface area contributed by atoms with E-state index in [1.54, 1.807) is 0 Å². The normalized spacial score (nSPS) is 27.1. The highest BCUT2D eigenvalue weighted by Crippen LogP contribution is 2.42. The molecule has 0 radical (unpaired) electrons. The van der Waals surface area contributed by atoms with Crippen molar-refractivity contribution in [3.8, 4) is 0 Å². The summed E-state index contributed by atoms with van der Waals surface area (Å²) in [7, 11) is 0. The van der Waals surface area contributed by atoms with E-state index in [9.17, 15) is 5.11 Å². The van der Waals surface area contributed by atoms with Gasteiger partial charge in [0.1, 0.15) is 0 Å². The van der Waals surface area contributed by atoms with Crippen molar-refractivity contribution in [1.82, 2.24) is 0 Å². The van der Waals surface area contributed by atoms with Gasteiger partial charge in [-0.15, -0.1) is 0 Å². The van der Waals surface area contributed by atoms with Gasteiger partial charge in [0, 0.05) is 24.5 Å². The number of aliphatic hydroxyl groups excluding tert-OH is 1. The van der Waals surface area contributed by atoms with Gasteiger partial charge < -0.3 is 15.6 Å². The second-order valence-corrected chi connectivity index (χ2v) is 5.76. The summed E-state index contributed by atoms with van der Waals surface area (Å²) in [4.78, 5) is 0. The largest absolute Gasteiger partial charge is 0.392 e. The number of aliphatic hydroxyl groups is 1. The summed E-state index contributed by atoms with van der Waals surface area (Å²) in [5.41, 5.74) is 8.53. The molecule has 0 spiro atoms. The molecule has 18 heavy (non-hydrogen) atoms. The topological polar surface area (TPSA) is 55.5 Å². The fourth-order valence-electron chi connectivity index (χ4n) is 3.50. The first kappa shape index (κ1) is 12.2. The molecular weight excluding hydrogens is 226 g/mol. The minimum atomic E-state index is -0.350. The first-order chi connectivity index (χ1) is 8.75. The van der Waals surface area contributed by atoms with E-state index in [2.05, 4.69) is 24.3 Å². The number of benzene rings is 1. The number of hydrogen-bond donors (Lipinski definition) is 2. The quantitative estimate of drug-likeness (QED) is 0.842. The van der Waals surface area contributed by atoms with Gasteiger partial charge in [-0.1, -0.05) is 24.3 Å². The predicted molar refractivity (Wildman–Crippen MR) is 70.3 cm³/mol. The molecule has 1 aromatic rings. The standard InChI is InChI=1S/C15H21NO2/c16-10-15(14(17)13-5-6-18-9-13)7-11-3-1-2-4-12(11)8-15/h1-4,13-14,17H,5-10,16H2.